The van der Waals surface area contributed by atoms with E-state index < -0.39 is 0 Å². The molecule has 0 saturated heterocycles. The van der Waals surface area contributed by atoms with Crippen molar-refractivity contribution in [3.05, 3.63) is 28.4 Å². The lowest BCUT2D eigenvalue weighted by atomic mass is 10.1. The topological polar surface area (TPSA) is 54.1 Å². The van der Waals surface area contributed by atoms with Crippen LogP contribution in [0.3, 0.4) is 0 Å². The second kappa shape index (κ2) is 6.18. The van der Waals surface area contributed by atoms with Crippen molar-refractivity contribution in [3.63, 3.8) is 0 Å². The molecule has 4 nitrogen and oxygen atoms in total. The summed E-state index contributed by atoms with van der Waals surface area (Å²) in [7, 11) is 1.61. The molecule has 108 valence electrons. The van der Waals surface area contributed by atoms with Crippen LogP contribution in [0.1, 0.15) is 25.1 Å². The van der Waals surface area contributed by atoms with Crippen molar-refractivity contribution in [1.82, 2.24) is 10.3 Å². The van der Waals surface area contributed by atoms with Crippen LogP contribution in [0, 0.1) is 0 Å². The van der Waals surface area contributed by atoms with E-state index in [1.165, 1.54) is 18.2 Å². The molecule has 1 aromatic carbocycles. The van der Waals surface area contributed by atoms with Crippen molar-refractivity contribution < 1.29 is 9.53 Å². The van der Waals surface area contributed by atoms with Crippen LogP contribution in [0.25, 0.3) is 10.9 Å². The summed E-state index contributed by atoms with van der Waals surface area (Å²) in [6.45, 7) is 4.25. The number of amides is 1. The Balaban J connectivity index is 2.41. The molecule has 1 aromatic heterocycles. The molecule has 0 fully saturated rings. The van der Waals surface area contributed by atoms with E-state index in [4.69, 9.17) is 16.3 Å². The van der Waals surface area contributed by atoms with Crippen LogP contribution < -0.4 is 10.1 Å². The summed E-state index contributed by atoms with van der Waals surface area (Å²) < 4.78 is 5.28. The molecule has 1 heterocycles. The lowest BCUT2D eigenvalue weighted by Crippen LogP contribution is -2.22. The highest BCUT2D eigenvalue weighted by molar-refractivity contribution is 6.32. The smallest absolute Gasteiger partial charge is 0.216 e. The number of ether oxygens (including phenoxy) is 1. The number of hydrogen-bond acceptors (Lipinski definition) is 2. The van der Waals surface area contributed by atoms with E-state index in [9.17, 15) is 4.79 Å². The number of carbonyl (C=O) groups is 1. The van der Waals surface area contributed by atoms with Crippen molar-refractivity contribution in [2.45, 2.75) is 26.7 Å². The Morgan fingerprint density at radius 2 is 2.20 bits per heavy atom. The molecule has 2 rings (SSSR count). The molecule has 0 saturated carbocycles. The Morgan fingerprint density at radius 1 is 1.45 bits per heavy atom. The van der Waals surface area contributed by atoms with Crippen molar-refractivity contribution in [2.75, 3.05) is 13.7 Å². The van der Waals surface area contributed by atoms with Gasteiger partial charge >= 0.3 is 0 Å². The minimum absolute atomic E-state index is 0.0106. The Hall–Kier alpha value is -1.68. The molecule has 20 heavy (non-hydrogen) atoms. The summed E-state index contributed by atoms with van der Waals surface area (Å²) in [5.41, 5.74) is 3.39. The molecule has 5 heteroatoms. The lowest BCUT2D eigenvalue weighted by molar-refractivity contribution is -0.118. The second-order valence-corrected chi connectivity index (χ2v) is 5.11. The number of benzene rings is 1. The standard InChI is InChI=1S/C15H19ClN2O2/c1-4-13-10(5-6-17-9(2)19)11-7-15(20-3)12(16)8-14(11)18-13/h7-8,18H,4-6H2,1-3H3,(H,17,19). The number of aryl methyl sites for hydroxylation is 1. The maximum atomic E-state index is 11.0. The van der Waals surface area contributed by atoms with Gasteiger partial charge in [-0.15, -0.1) is 0 Å². The zero-order chi connectivity index (χ0) is 14.7. The molecular formula is C15H19ClN2O2. The van der Waals surface area contributed by atoms with Crippen LogP contribution in [0.5, 0.6) is 5.75 Å². The Morgan fingerprint density at radius 3 is 2.80 bits per heavy atom. The normalized spacial score (nSPS) is 10.8. The summed E-state index contributed by atoms with van der Waals surface area (Å²) in [4.78, 5) is 14.4. The number of aromatic amines is 1. The minimum atomic E-state index is -0.0106. The summed E-state index contributed by atoms with van der Waals surface area (Å²) in [6, 6.07) is 3.84. The van der Waals surface area contributed by atoms with E-state index in [1.807, 2.05) is 12.1 Å². The van der Waals surface area contributed by atoms with Gasteiger partial charge in [-0.1, -0.05) is 18.5 Å². The number of fused-ring (bicyclic) bond motifs is 1. The van der Waals surface area contributed by atoms with Crippen LogP contribution in [-0.2, 0) is 17.6 Å². The van der Waals surface area contributed by atoms with E-state index in [-0.39, 0.29) is 5.91 Å². The van der Waals surface area contributed by atoms with Gasteiger partial charge in [-0.2, -0.15) is 0 Å². The highest BCUT2D eigenvalue weighted by atomic mass is 35.5. The van der Waals surface area contributed by atoms with Crippen LogP contribution in [-0.4, -0.2) is 24.5 Å². The first-order valence-electron chi connectivity index (χ1n) is 6.68. The van der Waals surface area contributed by atoms with E-state index >= 15 is 0 Å². The molecule has 2 aromatic rings. The van der Waals surface area contributed by atoms with E-state index in [2.05, 4.69) is 17.2 Å². The minimum Gasteiger partial charge on any atom is -0.495 e. The molecule has 0 aliphatic rings. The first-order chi connectivity index (χ1) is 9.56. The van der Waals surface area contributed by atoms with E-state index in [0.29, 0.717) is 17.3 Å². The number of methoxy groups -OCH3 is 1. The molecule has 1 amide bonds. The molecule has 2 N–H and O–H groups in total. The zero-order valence-electron chi connectivity index (χ0n) is 12.0. The van der Waals surface area contributed by atoms with Crippen molar-refractivity contribution in [1.29, 1.82) is 0 Å². The zero-order valence-corrected chi connectivity index (χ0v) is 12.7. The van der Waals surface area contributed by atoms with Crippen LogP contribution in [0.4, 0.5) is 0 Å². The van der Waals surface area contributed by atoms with Crippen molar-refractivity contribution in [2.24, 2.45) is 0 Å². The SMILES string of the molecule is CCc1[nH]c2cc(Cl)c(OC)cc2c1CCNC(C)=O. The van der Waals surface area contributed by atoms with Gasteiger partial charge in [0, 0.05) is 30.1 Å². The third-order valence-corrected chi connectivity index (χ3v) is 3.66. The predicted octanol–water partition coefficient (Wildman–Crippen LogP) is 3.07. The quantitative estimate of drug-likeness (QED) is 0.890. The average molecular weight is 295 g/mol. The fourth-order valence-electron chi connectivity index (χ4n) is 2.41. The highest BCUT2D eigenvalue weighted by Crippen LogP contribution is 2.33. The third kappa shape index (κ3) is 2.90. The van der Waals surface area contributed by atoms with Gasteiger partial charge in [0.15, 0.2) is 0 Å². The Bertz CT molecular complexity index is 634. The van der Waals surface area contributed by atoms with Crippen LogP contribution in [0.15, 0.2) is 12.1 Å². The Labute approximate surface area is 123 Å². The number of nitrogens with one attached hydrogen (secondary N) is 2. The monoisotopic (exact) mass is 294 g/mol. The third-order valence-electron chi connectivity index (χ3n) is 3.37. The van der Waals surface area contributed by atoms with Gasteiger partial charge < -0.3 is 15.0 Å². The largest absolute Gasteiger partial charge is 0.495 e. The average Bonchev–Trinajstić information content (AvgIpc) is 2.74. The number of halogens is 1. The van der Waals surface area contributed by atoms with Crippen molar-refractivity contribution >= 4 is 28.4 Å². The van der Waals surface area contributed by atoms with Gasteiger partial charge in [0.25, 0.3) is 0 Å². The molecule has 0 aliphatic heterocycles. The molecule has 0 radical (unpaired) electrons. The highest BCUT2D eigenvalue weighted by Gasteiger charge is 2.13. The van der Waals surface area contributed by atoms with Gasteiger partial charge in [0.2, 0.25) is 5.91 Å². The molecule has 0 unspecified atom stereocenters. The number of carbonyl (C=O) groups excluding carboxylic acids is 1. The van der Waals surface area contributed by atoms with E-state index in [1.54, 1.807) is 7.11 Å². The number of H-pyrrole nitrogens is 1. The lowest BCUT2D eigenvalue weighted by Gasteiger charge is -2.06. The van der Waals surface area contributed by atoms with E-state index in [0.717, 1.165) is 23.7 Å². The first kappa shape index (κ1) is 14.7. The maximum absolute atomic E-state index is 11.0. The van der Waals surface area contributed by atoms with Crippen LogP contribution >= 0.6 is 11.6 Å². The van der Waals surface area contributed by atoms with Crippen LogP contribution in [0.2, 0.25) is 5.02 Å². The van der Waals surface area contributed by atoms with Gasteiger partial charge in [-0.05, 0) is 30.5 Å². The summed E-state index contributed by atoms with van der Waals surface area (Å²) >= 11 is 6.15. The molecule has 0 bridgehead atoms. The van der Waals surface area contributed by atoms with Gasteiger partial charge in [0.1, 0.15) is 5.75 Å². The summed E-state index contributed by atoms with van der Waals surface area (Å²) in [6.07, 6.45) is 1.69. The van der Waals surface area contributed by atoms with Gasteiger partial charge in [-0.3, -0.25) is 4.79 Å². The molecule has 0 atom stereocenters. The molecule has 0 spiro atoms. The fraction of sp³-hybridized carbons (Fsp3) is 0.400. The molecular weight excluding hydrogens is 276 g/mol. The van der Waals surface area contributed by atoms with Crippen molar-refractivity contribution in [3.8, 4) is 5.75 Å². The number of hydrogen-bond donors (Lipinski definition) is 2. The fourth-order valence-corrected chi connectivity index (χ4v) is 2.66. The predicted molar refractivity (Wildman–Crippen MR) is 81.6 cm³/mol. The number of rotatable bonds is 5. The van der Waals surface area contributed by atoms with Gasteiger partial charge in [0.05, 0.1) is 12.1 Å². The first-order valence-corrected chi connectivity index (χ1v) is 7.06. The maximum Gasteiger partial charge on any atom is 0.216 e. The summed E-state index contributed by atoms with van der Waals surface area (Å²) in [5.74, 6) is 0.658. The number of aromatic nitrogens is 1. The molecule has 0 aliphatic carbocycles. The Kier molecular flexibility index (Phi) is 4.55. The second-order valence-electron chi connectivity index (χ2n) is 4.70. The van der Waals surface area contributed by atoms with Gasteiger partial charge in [-0.25, -0.2) is 0 Å². The summed E-state index contributed by atoms with van der Waals surface area (Å²) in [5, 5.41) is 4.53.